The summed E-state index contributed by atoms with van der Waals surface area (Å²) in [5.74, 6) is -1.58. The molecule has 8 heteroatoms. The van der Waals surface area contributed by atoms with Crippen LogP contribution in [-0.4, -0.2) is 35.4 Å². The van der Waals surface area contributed by atoms with E-state index in [1.165, 1.54) is 25.3 Å². The monoisotopic (exact) mass is 429 g/mol. The molecule has 2 rings (SSSR count). The Morgan fingerprint density at radius 3 is 2.50 bits per heavy atom. The molecule has 2 aromatic carbocycles. The molecule has 0 N–H and O–H groups in total. The molecule has 0 spiro atoms. The van der Waals surface area contributed by atoms with Gasteiger partial charge in [-0.3, -0.25) is 4.80 Å². The van der Waals surface area contributed by atoms with E-state index in [1.807, 2.05) is 0 Å². The minimum absolute atomic E-state index is 0.214. The van der Waals surface area contributed by atoms with E-state index in [0.29, 0.717) is 24.0 Å². The maximum atomic E-state index is 14.2. The van der Waals surface area contributed by atoms with Crippen LogP contribution >= 0.6 is 0 Å². The number of hydrogen-bond acceptors (Lipinski definition) is 5. The summed E-state index contributed by atoms with van der Waals surface area (Å²) in [5, 5.41) is 0. The molecular formula is C22H22FO6Si. The molecule has 0 aliphatic carbocycles. The molecule has 0 aliphatic heterocycles. The number of methoxy groups -OCH3 is 1. The molecule has 3 radical (unpaired) electrons. The number of unbranched alkanes of at least 4 members (excludes halogenated alkanes) is 2. The molecule has 0 unspecified atom stereocenters. The Morgan fingerprint density at radius 1 is 1.07 bits per heavy atom. The van der Waals surface area contributed by atoms with Crippen LogP contribution < -0.4 is 9.47 Å². The highest BCUT2D eigenvalue weighted by Crippen LogP contribution is 2.21. The fraction of sp³-hybridized carbons (Fsp3) is 0.273. The van der Waals surface area contributed by atoms with E-state index < -0.39 is 17.8 Å². The first-order valence-corrected chi connectivity index (χ1v) is 10.5. The maximum absolute atomic E-state index is 14.2. The van der Waals surface area contributed by atoms with Gasteiger partial charge in [0.2, 0.25) is 0 Å². The molecule has 0 bridgehead atoms. The number of halogens is 1. The van der Waals surface area contributed by atoms with Crippen molar-refractivity contribution in [3.05, 3.63) is 65.5 Å². The lowest BCUT2D eigenvalue weighted by Crippen LogP contribution is -2.09. The highest BCUT2D eigenvalue weighted by atomic mass is 28.2. The first-order valence-electron chi connectivity index (χ1n) is 9.39. The van der Waals surface area contributed by atoms with Crippen molar-refractivity contribution in [2.75, 3.05) is 13.7 Å². The van der Waals surface area contributed by atoms with Crippen molar-refractivity contribution in [2.24, 2.45) is 0 Å². The van der Waals surface area contributed by atoms with Crippen molar-refractivity contribution in [1.82, 2.24) is 0 Å². The van der Waals surface area contributed by atoms with Crippen LogP contribution in [0.5, 0.6) is 11.5 Å². The van der Waals surface area contributed by atoms with Crippen LogP contribution in [0.25, 0.3) is 6.08 Å². The van der Waals surface area contributed by atoms with Crippen molar-refractivity contribution < 1.29 is 33.0 Å². The molecule has 30 heavy (non-hydrogen) atoms. The van der Waals surface area contributed by atoms with Crippen LogP contribution in [0, 0.1) is 5.82 Å². The van der Waals surface area contributed by atoms with Gasteiger partial charge in [0, 0.05) is 6.08 Å². The van der Waals surface area contributed by atoms with E-state index in [4.69, 9.17) is 9.47 Å². The number of carbonyl (C=O) groups is 2. The quantitative estimate of drug-likeness (QED) is 0.175. The lowest BCUT2D eigenvalue weighted by Gasteiger charge is -2.08. The van der Waals surface area contributed by atoms with E-state index in [9.17, 15) is 18.8 Å². The zero-order valence-corrected chi connectivity index (χ0v) is 17.6. The van der Waals surface area contributed by atoms with Crippen LogP contribution in [0.15, 0.2) is 48.5 Å². The van der Waals surface area contributed by atoms with Crippen LogP contribution in [0.4, 0.5) is 4.39 Å². The van der Waals surface area contributed by atoms with Gasteiger partial charge in [0.1, 0.15) is 5.75 Å². The third kappa shape index (κ3) is 7.80. The van der Waals surface area contributed by atoms with E-state index in [-0.39, 0.29) is 21.1 Å². The fourth-order valence-electron chi connectivity index (χ4n) is 2.45. The molecule has 157 valence electrons. The minimum Gasteiger partial charge on any atom is -0.494 e. The summed E-state index contributed by atoms with van der Waals surface area (Å²) < 4.78 is 29.4. The van der Waals surface area contributed by atoms with Gasteiger partial charge in [0.25, 0.3) is 9.76 Å². The molecule has 0 amide bonds. The summed E-state index contributed by atoms with van der Waals surface area (Å²) >= 11 is 0. The highest BCUT2D eigenvalue weighted by molar-refractivity contribution is 6.24. The van der Waals surface area contributed by atoms with Gasteiger partial charge in [-0.05, 0) is 60.5 Å². The average Bonchev–Trinajstić information content (AvgIpc) is 2.76. The number of rotatable bonds is 11. The smallest absolute Gasteiger partial charge is 0.343 e. The molecule has 0 fully saturated rings. The largest absolute Gasteiger partial charge is 0.494 e. The summed E-state index contributed by atoms with van der Waals surface area (Å²) in [6, 6.07) is 11.1. The van der Waals surface area contributed by atoms with Gasteiger partial charge in [-0.15, -0.1) is 0 Å². The first kappa shape index (κ1) is 23.3. The van der Waals surface area contributed by atoms with Gasteiger partial charge in [-0.25, -0.2) is 14.0 Å². The van der Waals surface area contributed by atoms with Crippen molar-refractivity contribution in [2.45, 2.75) is 25.3 Å². The number of esters is 2. The second-order valence-corrected chi connectivity index (χ2v) is 7.05. The first-order chi connectivity index (χ1) is 14.5. The van der Waals surface area contributed by atoms with E-state index >= 15 is 0 Å². The molecule has 0 saturated heterocycles. The lowest BCUT2D eigenvalue weighted by atomic mass is 10.2. The number of carbonyl (C=O) groups excluding carboxylic acids is 2. The zero-order chi connectivity index (χ0) is 21.8. The standard InChI is InChI=1S/C22H22FO6Si/c1-27-21(24)12-6-16-5-11-20(19(23)15-16)29-22(25)17-7-9-18(10-8-17)28-13-3-2-4-14-30-26/h5-12,15H,2-4,13-14H2,1H3/b12-6+. The predicted molar refractivity (Wildman–Crippen MR) is 109 cm³/mol. The van der Waals surface area contributed by atoms with Gasteiger partial charge in [-0.2, -0.15) is 0 Å². The Morgan fingerprint density at radius 2 is 1.83 bits per heavy atom. The Kier molecular flexibility index (Phi) is 9.76. The Bertz CT molecular complexity index is 866. The molecular weight excluding hydrogens is 407 g/mol. The van der Waals surface area contributed by atoms with Gasteiger partial charge in [0.05, 0.1) is 19.3 Å². The fourth-order valence-corrected chi connectivity index (χ4v) is 2.84. The van der Waals surface area contributed by atoms with Crippen molar-refractivity contribution in [3.63, 3.8) is 0 Å². The molecule has 0 aliphatic rings. The van der Waals surface area contributed by atoms with Crippen LogP contribution in [0.3, 0.4) is 0 Å². The van der Waals surface area contributed by atoms with E-state index in [2.05, 4.69) is 4.74 Å². The second-order valence-electron chi connectivity index (χ2n) is 6.26. The topological polar surface area (TPSA) is 81.7 Å². The zero-order valence-electron chi connectivity index (χ0n) is 16.6. The number of benzene rings is 2. The Hall–Kier alpha value is -2.97. The molecule has 0 aromatic heterocycles. The molecule has 0 saturated carbocycles. The van der Waals surface area contributed by atoms with Crippen LogP contribution in [0.1, 0.15) is 35.2 Å². The molecule has 0 atom stereocenters. The van der Waals surface area contributed by atoms with E-state index in [0.717, 1.165) is 31.4 Å². The highest BCUT2D eigenvalue weighted by Gasteiger charge is 2.12. The van der Waals surface area contributed by atoms with Gasteiger partial charge in [-0.1, -0.05) is 18.9 Å². The summed E-state index contributed by atoms with van der Waals surface area (Å²) in [4.78, 5) is 33.7. The second kappa shape index (κ2) is 12.6. The summed E-state index contributed by atoms with van der Waals surface area (Å²) in [7, 11) is 0.991. The third-order valence-corrected chi connectivity index (χ3v) is 4.61. The minimum atomic E-state index is -0.729. The average molecular weight is 429 g/mol. The van der Waals surface area contributed by atoms with Crippen LogP contribution in [0.2, 0.25) is 6.04 Å². The normalized spacial score (nSPS) is 10.8. The lowest BCUT2D eigenvalue weighted by molar-refractivity contribution is -0.134. The molecule has 6 nitrogen and oxygen atoms in total. The van der Waals surface area contributed by atoms with Gasteiger partial charge in [0.15, 0.2) is 11.6 Å². The van der Waals surface area contributed by atoms with Crippen molar-refractivity contribution >= 4 is 27.8 Å². The molecule has 0 heterocycles. The maximum Gasteiger partial charge on any atom is 0.343 e. The van der Waals surface area contributed by atoms with Crippen molar-refractivity contribution in [3.8, 4) is 11.5 Å². The van der Waals surface area contributed by atoms with Gasteiger partial charge < -0.3 is 14.2 Å². The van der Waals surface area contributed by atoms with Gasteiger partial charge >= 0.3 is 11.9 Å². The SMILES string of the molecule is COC(=O)/C=C/c1ccc(OC(=O)c2ccc(OCCCCC[Si][O])cc2)c(F)c1. The predicted octanol–water partition coefficient (Wildman–Crippen LogP) is 4.25. The van der Waals surface area contributed by atoms with Crippen molar-refractivity contribution in [1.29, 1.82) is 0 Å². The number of hydrogen-bond donors (Lipinski definition) is 0. The Balaban J connectivity index is 1.88. The van der Waals surface area contributed by atoms with Crippen LogP contribution in [-0.2, 0) is 14.3 Å². The third-order valence-electron chi connectivity index (χ3n) is 4.05. The van der Waals surface area contributed by atoms with E-state index in [1.54, 1.807) is 24.3 Å². The summed E-state index contributed by atoms with van der Waals surface area (Å²) in [5.41, 5.74) is 0.681. The Labute approximate surface area is 177 Å². The summed E-state index contributed by atoms with van der Waals surface area (Å²) in [6.45, 7) is 0.535. The number of ether oxygens (including phenoxy) is 3. The molecule has 2 aromatic rings. The summed E-state index contributed by atoms with van der Waals surface area (Å²) in [6.07, 6.45) is 5.27.